The van der Waals surface area contributed by atoms with Crippen molar-refractivity contribution in [3.05, 3.63) is 28.8 Å². The molecular formula is C16H22N2O3. The maximum absolute atomic E-state index is 11.9. The van der Waals surface area contributed by atoms with Gasteiger partial charge in [-0.05, 0) is 55.9 Å². The Kier molecular flexibility index (Phi) is 4.83. The molecule has 0 unspecified atom stereocenters. The third kappa shape index (κ3) is 3.97. The predicted octanol–water partition coefficient (Wildman–Crippen LogP) is 3.31. The highest BCUT2D eigenvalue weighted by Crippen LogP contribution is 2.24. The number of urea groups is 1. The van der Waals surface area contributed by atoms with Crippen LogP contribution in [0.2, 0.25) is 0 Å². The van der Waals surface area contributed by atoms with Gasteiger partial charge in [-0.3, -0.25) is 0 Å². The number of rotatable bonds is 4. The van der Waals surface area contributed by atoms with Crippen LogP contribution in [0.15, 0.2) is 12.1 Å². The minimum atomic E-state index is -0.981. The van der Waals surface area contributed by atoms with Crippen LogP contribution in [-0.2, 0) is 0 Å². The van der Waals surface area contributed by atoms with E-state index < -0.39 is 5.97 Å². The van der Waals surface area contributed by atoms with Crippen LogP contribution in [0.4, 0.5) is 10.5 Å². The van der Waals surface area contributed by atoms with E-state index in [2.05, 4.69) is 10.6 Å². The van der Waals surface area contributed by atoms with Gasteiger partial charge in [-0.2, -0.15) is 0 Å². The Morgan fingerprint density at radius 1 is 1.24 bits per heavy atom. The fraction of sp³-hybridized carbons (Fsp3) is 0.500. The normalized spacial score (nSPS) is 15.0. The van der Waals surface area contributed by atoms with Crippen LogP contribution in [0.3, 0.4) is 0 Å². The van der Waals surface area contributed by atoms with Crippen molar-refractivity contribution in [1.29, 1.82) is 0 Å². The molecule has 0 aliphatic heterocycles. The van der Waals surface area contributed by atoms with E-state index in [4.69, 9.17) is 5.11 Å². The van der Waals surface area contributed by atoms with Crippen molar-refractivity contribution in [2.24, 2.45) is 5.92 Å². The van der Waals surface area contributed by atoms with E-state index in [9.17, 15) is 9.59 Å². The highest BCUT2D eigenvalue weighted by Gasteiger charge is 2.16. The third-order valence-corrected chi connectivity index (χ3v) is 4.18. The minimum absolute atomic E-state index is 0.223. The van der Waals surface area contributed by atoms with Gasteiger partial charge in [-0.15, -0.1) is 0 Å². The van der Waals surface area contributed by atoms with E-state index in [1.54, 1.807) is 13.0 Å². The molecule has 1 aliphatic carbocycles. The summed E-state index contributed by atoms with van der Waals surface area (Å²) in [6, 6.07) is 3.01. The number of carboxylic acid groups (broad SMARTS) is 1. The number of amides is 2. The van der Waals surface area contributed by atoms with E-state index in [1.165, 1.54) is 31.7 Å². The van der Waals surface area contributed by atoms with E-state index in [-0.39, 0.29) is 11.6 Å². The largest absolute Gasteiger partial charge is 0.478 e. The Bertz CT molecular complexity index is 549. The number of carbonyl (C=O) groups is 2. The first kappa shape index (κ1) is 15.4. The first-order valence-electron chi connectivity index (χ1n) is 7.36. The maximum Gasteiger partial charge on any atom is 0.336 e. The number of hydrogen-bond donors (Lipinski definition) is 3. The summed E-state index contributed by atoms with van der Waals surface area (Å²) < 4.78 is 0. The van der Waals surface area contributed by atoms with Gasteiger partial charge < -0.3 is 15.7 Å². The molecule has 1 aromatic carbocycles. The lowest BCUT2D eigenvalue weighted by Gasteiger charge is -2.13. The number of benzene rings is 1. The molecule has 2 amide bonds. The van der Waals surface area contributed by atoms with Gasteiger partial charge in [-0.1, -0.05) is 12.8 Å². The SMILES string of the molecule is Cc1cc(NC(=O)NCC2CCCC2)cc(C(=O)O)c1C. The quantitative estimate of drug-likeness (QED) is 0.796. The summed E-state index contributed by atoms with van der Waals surface area (Å²) in [4.78, 5) is 23.1. The lowest BCUT2D eigenvalue weighted by atomic mass is 10.0. The Morgan fingerprint density at radius 3 is 2.52 bits per heavy atom. The molecule has 21 heavy (non-hydrogen) atoms. The fourth-order valence-corrected chi connectivity index (χ4v) is 2.78. The van der Waals surface area contributed by atoms with Gasteiger partial charge in [0.05, 0.1) is 5.56 Å². The summed E-state index contributed by atoms with van der Waals surface area (Å²) >= 11 is 0. The van der Waals surface area contributed by atoms with Crippen molar-refractivity contribution in [3.8, 4) is 0 Å². The van der Waals surface area contributed by atoms with Crippen LogP contribution in [0.5, 0.6) is 0 Å². The summed E-state index contributed by atoms with van der Waals surface area (Å²) in [6.45, 7) is 4.29. The average molecular weight is 290 g/mol. The molecular weight excluding hydrogens is 268 g/mol. The molecule has 3 N–H and O–H groups in total. The van der Waals surface area contributed by atoms with Gasteiger partial charge in [0.25, 0.3) is 0 Å². The lowest BCUT2D eigenvalue weighted by Crippen LogP contribution is -2.32. The number of nitrogens with one attached hydrogen (secondary N) is 2. The van der Waals surface area contributed by atoms with Crippen molar-refractivity contribution < 1.29 is 14.7 Å². The van der Waals surface area contributed by atoms with Crippen molar-refractivity contribution in [1.82, 2.24) is 5.32 Å². The summed E-state index contributed by atoms with van der Waals surface area (Å²) in [6.07, 6.45) is 4.83. The molecule has 1 fully saturated rings. The number of carboxylic acids is 1. The van der Waals surface area contributed by atoms with Crippen molar-refractivity contribution in [2.45, 2.75) is 39.5 Å². The Hall–Kier alpha value is -2.04. The van der Waals surface area contributed by atoms with Gasteiger partial charge in [0.15, 0.2) is 0 Å². The molecule has 0 atom stereocenters. The zero-order valence-electron chi connectivity index (χ0n) is 12.5. The molecule has 114 valence electrons. The number of hydrogen-bond acceptors (Lipinski definition) is 2. The molecule has 0 aromatic heterocycles. The number of anilines is 1. The molecule has 1 aliphatic rings. The molecule has 1 aromatic rings. The molecule has 5 heteroatoms. The number of aryl methyl sites for hydroxylation is 1. The van der Waals surface area contributed by atoms with Crippen LogP contribution in [0.25, 0.3) is 0 Å². The van der Waals surface area contributed by atoms with Gasteiger partial charge in [0.1, 0.15) is 0 Å². The second-order valence-electron chi connectivity index (χ2n) is 5.76. The van der Waals surface area contributed by atoms with Gasteiger partial charge in [-0.25, -0.2) is 9.59 Å². The lowest BCUT2D eigenvalue weighted by molar-refractivity contribution is 0.0696. The highest BCUT2D eigenvalue weighted by atomic mass is 16.4. The Morgan fingerprint density at radius 2 is 1.90 bits per heavy atom. The second kappa shape index (κ2) is 6.61. The molecule has 0 saturated heterocycles. The molecule has 1 saturated carbocycles. The summed E-state index contributed by atoms with van der Waals surface area (Å²) in [7, 11) is 0. The third-order valence-electron chi connectivity index (χ3n) is 4.18. The summed E-state index contributed by atoms with van der Waals surface area (Å²) in [5.41, 5.74) is 2.31. The number of carbonyl (C=O) groups excluding carboxylic acids is 1. The van der Waals surface area contributed by atoms with E-state index in [1.807, 2.05) is 6.92 Å². The average Bonchev–Trinajstić information content (AvgIpc) is 2.93. The molecule has 0 bridgehead atoms. The van der Waals surface area contributed by atoms with Crippen molar-refractivity contribution in [2.75, 3.05) is 11.9 Å². The van der Waals surface area contributed by atoms with Gasteiger partial charge >= 0.3 is 12.0 Å². The van der Waals surface area contributed by atoms with Crippen molar-refractivity contribution >= 4 is 17.7 Å². The zero-order chi connectivity index (χ0) is 15.4. The van der Waals surface area contributed by atoms with Gasteiger partial charge in [0, 0.05) is 12.2 Å². The summed E-state index contributed by atoms with van der Waals surface area (Å²) in [5, 5.41) is 14.7. The first-order valence-corrected chi connectivity index (χ1v) is 7.36. The van der Waals surface area contributed by atoms with E-state index in [0.29, 0.717) is 18.2 Å². The van der Waals surface area contributed by atoms with Crippen LogP contribution in [-0.4, -0.2) is 23.7 Å². The molecule has 0 heterocycles. The fourth-order valence-electron chi connectivity index (χ4n) is 2.78. The molecule has 5 nitrogen and oxygen atoms in total. The van der Waals surface area contributed by atoms with Crippen LogP contribution in [0.1, 0.15) is 47.2 Å². The maximum atomic E-state index is 11.9. The highest BCUT2D eigenvalue weighted by molar-refractivity contribution is 5.94. The molecule has 2 rings (SSSR count). The Balaban J connectivity index is 1.98. The standard InChI is InChI=1S/C16H22N2O3/c1-10-7-13(8-14(11(10)2)15(19)20)18-16(21)17-9-12-5-3-4-6-12/h7-8,12H,3-6,9H2,1-2H3,(H,19,20)(H2,17,18,21). The number of aromatic carboxylic acids is 1. The first-order chi connectivity index (χ1) is 9.97. The van der Waals surface area contributed by atoms with E-state index in [0.717, 1.165) is 11.1 Å². The Labute approximate surface area is 124 Å². The van der Waals surface area contributed by atoms with Crippen LogP contribution >= 0.6 is 0 Å². The van der Waals surface area contributed by atoms with Crippen molar-refractivity contribution in [3.63, 3.8) is 0 Å². The topological polar surface area (TPSA) is 78.4 Å². The smallest absolute Gasteiger partial charge is 0.336 e. The molecule has 0 spiro atoms. The van der Waals surface area contributed by atoms with Crippen LogP contribution < -0.4 is 10.6 Å². The zero-order valence-corrected chi connectivity index (χ0v) is 12.5. The minimum Gasteiger partial charge on any atom is -0.478 e. The molecule has 0 radical (unpaired) electrons. The second-order valence-corrected chi connectivity index (χ2v) is 5.76. The van der Waals surface area contributed by atoms with Gasteiger partial charge in [0.2, 0.25) is 0 Å². The predicted molar refractivity (Wildman–Crippen MR) is 81.9 cm³/mol. The van der Waals surface area contributed by atoms with E-state index >= 15 is 0 Å². The summed E-state index contributed by atoms with van der Waals surface area (Å²) in [5.74, 6) is -0.407. The monoisotopic (exact) mass is 290 g/mol. The van der Waals surface area contributed by atoms with Crippen LogP contribution in [0, 0.1) is 19.8 Å².